The smallest absolute Gasteiger partial charge is 0.429 e. The molecule has 1 saturated carbocycles. The highest BCUT2D eigenvalue weighted by atomic mass is 16.7. The standard InChI is InChI=1S/C18H26O4/c1-11(10-21-18(20)22-14(4)19)9-15-7-5-12(2)16-8-6-13(3)17(15)16/h9,12,15-16H,5-8,10H2,1-4H3/t12?,15-,16?/m0/s1. The number of rotatable bonds is 3. The zero-order valence-corrected chi connectivity index (χ0v) is 14.0. The molecule has 122 valence electrons. The zero-order chi connectivity index (χ0) is 16.3. The Labute approximate surface area is 132 Å². The van der Waals surface area contributed by atoms with Crippen molar-refractivity contribution in [2.45, 2.75) is 53.4 Å². The second-order valence-corrected chi connectivity index (χ2v) is 6.69. The largest absolute Gasteiger partial charge is 0.516 e. The Hall–Kier alpha value is -1.58. The summed E-state index contributed by atoms with van der Waals surface area (Å²) in [5, 5.41) is 0. The first-order valence-corrected chi connectivity index (χ1v) is 8.10. The molecule has 0 aromatic rings. The van der Waals surface area contributed by atoms with Crippen molar-refractivity contribution in [3.8, 4) is 0 Å². The van der Waals surface area contributed by atoms with Gasteiger partial charge in [0, 0.05) is 6.92 Å². The second-order valence-electron chi connectivity index (χ2n) is 6.69. The highest BCUT2D eigenvalue weighted by molar-refractivity contribution is 5.79. The second kappa shape index (κ2) is 7.12. The maximum atomic E-state index is 11.2. The number of carbonyl (C=O) groups excluding carboxylic acids is 2. The average molecular weight is 306 g/mol. The summed E-state index contributed by atoms with van der Waals surface area (Å²) < 4.78 is 9.30. The molecule has 0 heterocycles. The molecule has 2 aliphatic carbocycles. The number of ether oxygens (including phenoxy) is 2. The number of esters is 1. The summed E-state index contributed by atoms with van der Waals surface area (Å²) in [6.45, 7) is 7.93. The van der Waals surface area contributed by atoms with Crippen LogP contribution < -0.4 is 0 Å². The molecule has 0 aromatic heterocycles. The van der Waals surface area contributed by atoms with Gasteiger partial charge in [0.2, 0.25) is 0 Å². The SMILES string of the molecule is CC(=O)OC(=O)OCC(C)=C[C@@H]1CCC(C)C2CCC(C)=C21. The van der Waals surface area contributed by atoms with Gasteiger partial charge in [-0.1, -0.05) is 24.1 Å². The first kappa shape index (κ1) is 16.8. The highest BCUT2D eigenvalue weighted by Gasteiger charge is 2.35. The van der Waals surface area contributed by atoms with Gasteiger partial charge in [0.25, 0.3) is 0 Å². The molecule has 4 heteroatoms. The summed E-state index contributed by atoms with van der Waals surface area (Å²) in [5.41, 5.74) is 4.16. The van der Waals surface area contributed by atoms with E-state index in [1.54, 1.807) is 11.1 Å². The van der Waals surface area contributed by atoms with Crippen molar-refractivity contribution in [2.24, 2.45) is 17.8 Å². The Morgan fingerprint density at radius 3 is 2.64 bits per heavy atom. The topological polar surface area (TPSA) is 52.6 Å². The molecule has 4 nitrogen and oxygen atoms in total. The van der Waals surface area contributed by atoms with Gasteiger partial charge >= 0.3 is 12.1 Å². The van der Waals surface area contributed by atoms with E-state index in [2.05, 4.69) is 24.7 Å². The van der Waals surface area contributed by atoms with Gasteiger partial charge in [0.15, 0.2) is 0 Å². The number of hydrogen-bond acceptors (Lipinski definition) is 4. The Morgan fingerprint density at radius 2 is 1.95 bits per heavy atom. The lowest BCUT2D eigenvalue weighted by Crippen LogP contribution is -2.23. The van der Waals surface area contributed by atoms with E-state index in [0.29, 0.717) is 5.92 Å². The van der Waals surface area contributed by atoms with Crippen molar-refractivity contribution >= 4 is 12.1 Å². The van der Waals surface area contributed by atoms with E-state index in [-0.39, 0.29) is 6.61 Å². The number of allylic oxidation sites excluding steroid dienone is 3. The van der Waals surface area contributed by atoms with Crippen molar-refractivity contribution in [3.63, 3.8) is 0 Å². The van der Waals surface area contributed by atoms with Crippen LogP contribution in [0.2, 0.25) is 0 Å². The van der Waals surface area contributed by atoms with E-state index in [0.717, 1.165) is 17.4 Å². The molecule has 0 spiro atoms. The molecule has 22 heavy (non-hydrogen) atoms. The molecule has 3 atom stereocenters. The molecule has 0 bridgehead atoms. The third kappa shape index (κ3) is 3.99. The van der Waals surface area contributed by atoms with Gasteiger partial charge < -0.3 is 9.47 Å². The lowest BCUT2D eigenvalue weighted by atomic mass is 9.71. The van der Waals surface area contributed by atoms with Crippen molar-refractivity contribution in [3.05, 3.63) is 22.8 Å². The summed E-state index contributed by atoms with van der Waals surface area (Å²) in [5.74, 6) is 1.32. The summed E-state index contributed by atoms with van der Waals surface area (Å²) >= 11 is 0. The Kier molecular flexibility index (Phi) is 5.43. The molecule has 2 unspecified atom stereocenters. The minimum absolute atomic E-state index is 0.176. The molecule has 2 rings (SSSR count). The predicted octanol–water partition coefficient (Wildman–Crippen LogP) is 4.41. The van der Waals surface area contributed by atoms with Crippen LogP contribution in [0.25, 0.3) is 0 Å². The highest BCUT2D eigenvalue weighted by Crippen LogP contribution is 2.48. The maximum Gasteiger partial charge on any atom is 0.516 e. The van der Waals surface area contributed by atoms with Crippen molar-refractivity contribution < 1.29 is 19.1 Å². The van der Waals surface area contributed by atoms with Crippen LogP contribution in [0.4, 0.5) is 4.79 Å². The van der Waals surface area contributed by atoms with Crippen LogP contribution in [0.3, 0.4) is 0 Å². The lowest BCUT2D eigenvalue weighted by Gasteiger charge is -2.34. The fraction of sp³-hybridized carbons (Fsp3) is 0.667. The van der Waals surface area contributed by atoms with Gasteiger partial charge in [-0.3, -0.25) is 4.79 Å². The average Bonchev–Trinajstić information content (AvgIpc) is 2.82. The van der Waals surface area contributed by atoms with E-state index in [1.165, 1.54) is 32.6 Å². The first-order valence-electron chi connectivity index (χ1n) is 8.10. The Morgan fingerprint density at radius 1 is 1.23 bits per heavy atom. The molecular weight excluding hydrogens is 280 g/mol. The van der Waals surface area contributed by atoms with E-state index < -0.39 is 12.1 Å². The summed E-state index contributed by atoms with van der Waals surface area (Å²) in [6, 6.07) is 0. The Balaban J connectivity index is 1.97. The van der Waals surface area contributed by atoms with E-state index in [9.17, 15) is 9.59 Å². The van der Waals surface area contributed by atoms with Crippen LogP contribution in [-0.2, 0) is 14.3 Å². The van der Waals surface area contributed by atoms with E-state index >= 15 is 0 Å². The molecular formula is C18H26O4. The van der Waals surface area contributed by atoms with Gasteiger partial charge in [0.05, 0.1) is 0 Å². The van der Waals surface area contributed by atoms with Crippen LogP contribution >= 0.6 is 0 Å². The minimum Gasteiger partial charge on any atom is -0.429 e. The van der Waals surface area contributed by atoms with Crippen molar-refractivity contribution in [1.82, 2.24) is 0 Å². The van der Waals surface area contributed by atoms with Gasteiger partial charge in [-0.15, -0.1) is 0 Å². The summed E-state index contributed by atoms with van der Waals surface area (Å²) in [6.07, 6.45) is 6.22. The van der Waals surface area contributed by atoms with Crippen molar-refractivity contribution in [1.29, 1.82) is 0 Å². The van der Waals surface area contributed by atoms with Crippen LogP contribution in [0.15, 0.2) is 22.8 Å². The summed E-state index contributed by atoms with van der Waals surface area (Å²) in [7, 11) is 0. The van der Waals surface area contributed by atoms with Crippen LogP contribution in [0.1, 0.15) is 53.4 Å². The number of fused-ring (bicyclic) bond motifs is 1. The van der Waals surface area contributed by atoms with Gasteiger partial charge in [-0.25, -0.2) is 4.79 Å². The van der Waals surface area contributed by atoms with Crippen LogP contribution in [-0.4, -0.2) is 18.7 Å². The zero-order valence-electron chi connectivity index (χ0n) is 14.0. The van der Waals surface area contributed by atoms with Crippen LogP contribution in [0.5, 0.6) is 0 Å². The molecule has 0 aromatic carbocycles. The maximum absolute atomic E-state index is 11.2. The fourth-order valence-electron chi connectivity index (χ4n) is 3.85. The molecule has 1 fully saturated rings. The summed E-state index contributed by atoms with van der Waals surface area (Å²) in [4.78, 5) is 21.9. The molecule has 0 saturated heterocycles. The third-order valence-corrected chi connectivity index (χ3v) is 4.87. The molecule has 0 radical (unpaired) electrons. The van der Waals surface area contributed by atoms with E-state index in [4.69, 9.17) is 4.74 Å². The first-order chi connectivity index (χ1) is 10.4. The fourth-order valence-corrected chi connectivity index (χ4v) is 3.85. The number of hydrogen-bond donors (Lipinski definition) is 0. The predicted molar refractivity (Wildman–Crippen MR) is 84.2 cm³/mol. The van der Waals surface area contributed by atoms with Gasteiger partial charge in [-0.2, -0.15) is 0 Å². The van der Waals surface area contributed by atoms with E-state index in [1.807, 2.05) is 6.92 Å². The monoisotopic (exact) mass is 306 g/mol. The minimum atomic E-state index is -0.924. The lowest BCUT2D eigenvalue weighted by molar-refractivity contribution is -0.137. The molecule has 0 amide bonds. The normalized spacial score (nSPS) is 28.4. The number of carbonyl (C=O) groups is 2. The quantitative estimate of drug-likeness (QED) is 0.440. The molecule has 2 aliphatic rings. The van der Waals surface area contributed by atoms with Crippen molar-refractivity contribution in [2.75, 3.05) is 6.61 Å². The Bertz CT molecular complexity index is 515. The molecule has 0 aliphatic heterocycles. The van der Waals surface area contributed by atoms with Crippen LogP contribution in [0, 0.1) is 17.8 Å². The third-order valence-electron chi connectivity index (χ3n) is 4.87. The van der Waals surface area contributed by atoms with Gasteiger partial charge in [-0.05, 0) is 62.9 Å². The molecule has 0 N–H and O–H groups in total. The van der Waals surface area contributed by atoms with Gasteiger partial charge in [0.1, 0.15) is 6.61 Å².